The van der Waals surface area contributed by atoms with Crippen LogP contribution in [0.5, 0.6) is 0 Å². The molecule has 0 saturated heterocycles. The van der Waals surface area contributed by atoms with E-state index in [0.29, 0.717) is 5.92 Å². The molecule has 0 radical (unpaired) electrons. The van der Waals surface area contributed by atoms with Gasteiger partial charge in [0.05, 0.1) is 0 Å². The van der Waals surface area contributed by atoms with Gasteiger partial charge in [0.15, 0.2) is 5.78 Å². The highest BCUT2D eigenvalue weighted by Crippen LogP contribution is 2.29. The van der Waals surface area contributed by atoms with Gasteiger partial charge in [0.25, 0.3) is 0 Å². The SMILES string of the molecule is CC(=O)c1cccc(-c2ccccc2C(C)C)c1. The predicted molar refractivity (Wildman–Crippen MR) is 76.0 cm³/mol. The Morgan fingerprint density at radius 1 is 1.00 bits per heavy atom. The molecule has 0 aromatic heterocycles. The molecule has 1 nitrogen and oxygen atoms in total. The second-order valence-electron chi connectivity index (χ2n) is 4.88. The Bertz CT molecular complexity index is 567. The minimum absolute atomic E-state index is 0.110. The second kappa shape index (κ2) is 5.18. The van der Waals surface area contributed by atoms with Gasteiger partial charge >= 0.3 is 0 Å². The van der Waals surface area contributed by atoms with Crippen molar-refractivity contribution in [1.82, 2.24) is 0 Å². The number of hydrogen-bond donors (Lipinski definition) is 0. The van der Waals surface area contributed by atoms with Crippen molar-refractivity contribution < 1.29 is 4.79 Å². The normalized spacial score (nSPS) is 10.7. The van der Waals surface area contributed by atoms with E-state index in [2.05, 4.69) is 38.1 Å². The van der Waals surface area contributed by atoms with Gasteiger partial charge in [0.1, 0.15) is 0 Å². The molecule has 0 amide bonds. The van der Waals surface area contributed by atoms with Crippen LogP contribution in [0.3, 0.4) is 0 Å². The van der Waals surface area contributed by atoms with E-state index in [9.17, 15) is 4.79 Å². The summed E-state index contributed by atoms with van der Waals surface area (Å²) >= 11 is 0. The number of benzene rings is 2. The molecule has 0 aliphatic heterocycles. The van der Waals surface area contributed by atoms with Gasteiger partial charge in [0.2, 0.25) is 0 Å². The maximum atomic E-state index is 11.4. The highest BCUT2D eigenvalue weighted by molar-refractivity contribution is 5.95. The van der Waals surface area contributed by atoms with Crippen molar-refractivity contribution in [3.63, 3.8) is 0 Å². The first-order valence-electron chi connectivity index (χ1n) is 6.30. The lowest BCUT2D eigenvalue weighted by molar-refractivity contribution is 0.101. The lowest BCUT2D eigenvalue weighted by Gasteiger charge is -2.13. The average molecular weight is 238 g/mol. The summed E-state index contributed by atoms with van der Waals surface area (Å²) in [6.07, 6.45) is 0. The molecule has 0 fully saturated rings. The summed E-state index contributed by atoms with van der Waals surface area (Å²) in [5, 5.41) is 0. The predicted octanol–water partition coefficient (Wildman–Crippen LogP) is 4.68. The standard InChI is InChI=1S/C17H18O/c1-12(2)16-9-4-5-10-17(16)15-8-6-7-14(11-15)13(3)18/h4-12H,1-3H3. The molecule has 0 aliphatic carbocycles. The van der Waals surface area contributed by atoms with E-state index in [1.807, 2.05) is 24.3 Å². The molecule has 18 heavy (non-hydrogen) atoms. The smallest absolute Gasteiger partial charge is 0.159 e. The van der Waals surface area contributed by atoms with Crippen LogP contribution in [-0.2, 0) is 0 Å². The van der Waals surface area contributed by atoms with E-state index in [0.717, 1.165) is 11.1 Å². The average Bonchev–Trinajstić information content (AvgIpc) is 2.39. The summed E-state index contributed by atoms with van der Waals surface area (Å²) in [5.74, 6) is 0.584. The molecular weight excluding hydrogens is 220 g/mol. The molecule has 0 heterocycles. The number of carbonyl (C=O) groups is 1. The molecule has 0 bridgehead atoms. The molecular formula is C17H18O. The molecule has 0 N–H and O–H groups in total. The zero-order valence-corrected chi connectivity index (χ0v) is 11.1. The van der Waals surface area contributed by atoms with Gasteiger partial charge in [-0.25, -0.2) is 0 Å². The largest absolute Gasteiger partial charge is 0.295 e. The Hall–Kier alpha value is -1.89. The quantitative estimate of drug-likeness (QED) is 0.709. The molecule has 0 unspecified atom stereocenters. The Morgan fingerprint density at radius 3 is 2.39 bits per heavy atom. The van der Waals surface area contributed by atoms with E-state index in [1.165, 1.54) is 11.1 Å². The summed E-state index contributed by atoms with van der Waals surface area (Å²) in [7, 11) is 0. The number of carbonyl (C=O) groups excluding carboxylic acids is 1. The number of rotatable bonds is 3. The first kappa shape index (κ1) is 12.6. The van der Waals surface area contributed by atoms with Crippen LogP contribution in [-0.4, -0.2) is 5.78 Å². The summed E-state index contributed by atoms with van der Waals surface area (Å²) in [4.78, 5) is 11.4. The summed E-state index contributed by atoms with van der Waals surface area (Å²) in [6, 6.07) is 16.2. The lowest BCUT2D eigenvalue weighted by Crippen LogP contribution is -1.95. The zero-order valence-electron chi connectivity index (χ0n) is 11.1. The summed E-state index contributed by atoms with van der Waals surface area (Å²) in [6.45, 7) is 5.98. The first-order chi connectivity index (χ1) is 8.59. The third-order valence-electron chi connectivity index (χ3n) is 3.16. The van der Waals surface area contributed by atoms with Gasteiger partial charge in [0, 0.05) is 5.56 Å². The third kappa shape index (κ3) is 2.51. The van der Waals surface area contributed by atoms with Crippen molar-refractivity contribution in [3.8, 4) is 11.1 Å². The molecule has 2 rings (SSSR count). The maximum absolute atomic E-state index is 11.4. The first-order valence-corrected chi connectivity index (χ1v) is 6.30. The fourth-order valence-corrected chi connectivity index (χ4v) is 2.17. The monoisotopic (exact) mass is 238 g/mol. The van der Waals surface area contributed by atoms with Crippen LogP contribution in [0.1, 0.15) is 42.6 Å². The summed E-state index contributed by atoms with van der Waals surface area (Å²) < 4.78 is 0. The second-order valence-corrected chi connectivity index (χ2v) is 4.88. The zero-order chi connectivity index (χ0) is 13.1. The number of hydrogen-bond acceptors (Lipinski definition) is 1. The van der Waals surface area contributed by atoms with E-state index in [-0.39, 0.29) is 5.78 Å². The molecule has 0 atom stereocenters. The van der Waals surface area contributed by atoms with E-state index in [4.69, 9.17) is 0 Å². The van der Waals surface area contributed by atoms with Gasteiger partial charge in [-0.3, -0.25) is 4.79 Å². The molecule has 92 valence electrons. The van der Waals surface area contributed by atoms with Crippen molar-refractivity contribution in [2.24, 2.45) is 0 Å². The highest BCUT2D eigenvalue weighted by Gasteiger charge is 2.09. The van der Waals surface area contributed by atoms with Crippen LogP contribution >= 0.6 is 0 Å². The summed E-state index contributed by atoms with van der Waals surface area (Å²) in [5.41, 5.74) is 4.42. The Labute approximate surface area is 108 Å². The van der Waals surface area contributed by atoms with Crippen LogP contribution in [0.25, 0.3) is 11.1 Å². The van der Waals surface area contributed by atoms with Crippen LogP contribution in [0, 0.1) is 0 Å². The van der Waals surface area contributed by atoms with Crippen LogP contribution in [0.15, 0.2) is 48.5 Å². The van der Waals surface area contributed by atoms with Gasteiger partial charge in [-0.05, 0) is 35.6 Å². The molecule has 2 aromatic carbocycles. The highest BCUT2D eigenvalue weighted by atomic mass is 16.1. The van der Waals surface area contributed by atoms with E-state index in [1.54, 1.807) is 6.92 Å². The van der Waals surface area contributed by atoms with Crippen molar-refractivity contribution in [2.75, 3.05) is 0 Å². The lowest BCUT2D eigenvalue weighted by atomic mass is 9.92. The van der Waals surface area contributed by atoms with Crippen molar-refractivity contribution in [3.05, 3.63) is 59.7 Å². The third-order valence-corrected chi connectivity index (χ3v) is 3.16. The minimum atomic E-state index is 0.110. The Balaban J connectivity index is 2.55. The van der Waals surface area contributed by atoms with Crippen molar-refractivity contribution >= 4 is 5.78 Å². The van der Waals surface area contributed by atoms with E-state index >= 15 is 0 Å². The van der Waals surface area contributed by atoms with Crippen molar-refractivity contribution in [1.29, 1.82) is 0 Å². The minimum Gasteiger partial charge on any atom is -0.295 e. The van der Waals surface area contributed by atoms with Gasteiger partial charge < -0.3 is 0 Å². The molecule has 1 heteroatoms. The molecule has 0 aliphatic rings. The van der Waals surface area contributed by atoms with Gasteiger partial charge in [-0.15, -0.1) is 0 Å². The fraction of sp³-hybridized carbons (Fsp3) is 0.235. The fourth-order valence-electron chi connectivity index (χ4n) is 2.17. The van der Waals surface area contributed by atoms with Crippen LogP contribution in [0.4, 0.5) is 0 Å². The van der Waals surface area contributed by atoms with Crippen LogP contribution in [0.2, 0.25) is 0 Å². The Morgan fingerprint density at radius 2 is 1.72 bits per heavy atom. The van der Waals surface area contributed by atoms with E-state index < -0.39 is 0 Å². The van der Waals surface area contributed by atoms with Gasteiger partial charge in [-0.2, -0.15) is 0 Å². The topological polar surface area (TPSA) is 17.1 Å². The molecule has 0 spiro atoms. The molecule has 0 saturated carbocycles. The number of Topliss-reactive ketones (excluding diaryl/α,β-unsaturated/α-hetero) is 1. The number of ketones is 1. The van der Waals surface area contributed by atoms with Crippen molar-refractivity contribution in [2.45, 2.75) is 26.7 Å². The Kier molecular flexibility index (Phi) is 3.61. The van der Waals surface area contributed by atoms with Gasteiger partial charge in [-0.1, -0.05) is 56.3 Å². The maximum Gasteiger partial charge on any atom is 0.159 e. The van der Waals surface area contributed by atoms with Crippen LogP contribution < -0.4 is 0 Å². The molecule has 2 aromatic rings.